The zero-order valence-corrected chi connectivity index (χ0v) is 21.4. The predicted octanol–water partition coefficient (Wildman–Crippen LogP) is 5.73. The number of aryl methyl sites for hydroxylation is 1. The van der Waals surface area contributed by atoms with Crippen LogP contribution in [0.25, 0.3) is 0 Å². The number of halogens is 1. The average Bonchev–Trinajstić information content (AvgIpc) is 3.40. The van der Waals surface area contributed by atoms with Gasteiger partial charge in [0.1, 0.15) is 11.8 Å². The lowest BCUT2D eigenvalue weighted by Gasteiger charge is -2.32. The van der Waals surface area contributed by atoms with Crippen LogP contribution < -0.4 is 10.1 Å². The highest BCUT2D eigenvalue weighted by molar-refractivity contribution is 6.32. The number of para-hydroxylation sites is 1. The summed E-state index contributed by atoms with van der Waals surface area (Å²) in [7, 11) is 0. The third kappa shape index (κ3) is 7.11. The van der Waals surface area contributed by atoms with Crippen molar-refractivity contribution >= 4 is 23.4 Å². The Bertz CT molecular complexity index is 1140. The van der Waals surface area contributed by atoms with Gasteiger partial charge in [0.25, 0.3) is 5.91 Å². The molecule has 1 saturated carbocycles. The maximum Gasteiger partial charge on any atom is 0.261 e. The average molecular weight is 505 g/mol. The summed E-state index contributed by atoms with van der Waals surface area (Å²) in [5.41, 5.74) is 3.09. The van der Waals surface area contributed by atoms with Crippen molar-refractivity contribution in [3.8, 4) is 5.75 Å². The Morgan fingerprint density at radius 2 is 1.61 bits per heavy atom. The van der Waals surface area contributed by atoms with Gasteiger partial charge in [-0.2, -0.15) is 0 Å². The van der Waals surface area contributed by atoms with E-state index < -0.39 is 6.04 Å². The first-order valence-corrected chi connectivity index (χ1v) is 12.9. The molecule has 0 bridgehead atoms. The van der Waals surface area contributed by atoms with Crippen molar-refractivity contribution in [1.29, 1.82) is 0 Å². The maximum absolute atomic E-state index is 13.7. The summed E-state index contributed by atoms with van der Waals surface area (Å²) in [6.07, 6.45) is 4.61. The molecule has 36 heavy (non-hydrogen) atoms. The third-order valence-electron chi connectivity index (χ3n) is 6.63. The van der Waals surface area contributed by atoms with Crippen molar-refractivity contribution in [2.24, 2.45) is 0 Å². The Hall–Kier alpha value is -3.31. The van der Waals surface area contributed by atoms with E-state index in [-0.39, 0.29) is 24.5 Å². The van der Waals surface area contributed by atoms with Gasteiger partial charge in [0.2, 0.25) is 5.91 Å². The third-order valence-corrected chi connectivity index (χ3v) is 6.95. The molecule has 0 unspecified atom stereocenters. The van der Waals surface area contributed by atoms with Crippen LogP contribution in [0.1, 0.15) is 42.4 Å². The number of nitrogens with zero attached hydrogens (tertiary/aromatic N) is 1. The van der Waals surface area contributed by atoms with E-state index in [9.17, 15) is 9.59 Å². The van der Waals surface area contributed by atoms with E-state index in [0.29, 0.717) is 23.7 Å². The molecule has 0 aliphatic heterocycles. The van der Waals surface area contributed by atoms with E-state index in [1.165, 1.54) is 0 Å². The van der Waals surface area contributed by atoms with Crippen LogP contribution in [0.4, 0.5) is 0 Å². The molecule has 2 amide bonds. The largest absolute Gasteiger partial charge is 0.482 e. The molecule has 0 radical (unpaired) electrons. The molecule has 1 aliphatic carbocycles. The monoisotopic (exact) mass is 504 g/mol. The molecule has 0 saturated heterocycles. The van der Waals surface area contributed by atoms with Gasteiger partial charge in [-0.05, 0) is 43.0 Å². The van der Waals surface area contributed by atoms with E-state index >= 15 is 0 Å². The number of rotatable bonds is 10. The number of nitrogens with one attached hydrogen (secondary N) is 1. The molecule has 5 nitrogen and oxygen atoms in total. The first-order valence-electron chi connectivity index (χ1n) is 12.6. The second kappa shape index (κ2) is 12.6. The number of ether oxygens (including phenoxy) is 1. The Balaban J connectivity index is 1.61. The molecule has 3 aromatic carbocycles. The van der Waals surface area contributed by atoms with E-state index in [2.05, 4.69) is 5.32 Å². The van der Waals surface area contributed by atoms with E-state index in [1.54, 1.807) is 17.0 Å². The number of carbonyl (C=O) groups is 2. The summed E-state index contributed by atoms with van der Waals surface area (Å²) in [6, 6.07) is 24.4. The van der Waals surface area contributed by atoms with Gasteiger partial charge in [-0.1, -0.05) is 96.7 Å². The smallest absolute Gasteiger partial charge is 0.261 e. The minimum Gasteiger partial charge on any atom is -0.482 e. The normalized spacial score (nSPS) is 14.3. The highest BCUT2D eigenvalue weighted by atomic mass is 35.5. The molecular formula is C30H33ClN2O3. The van der Waals surface area contributed by atoms with Crippen LogP contribution in [0.3, 0.4) is 0 Å². The fraction of sp³-hybridized carbons (Fsp3) is 0.333. The van der Waals surface area contributed by atoms with E-state index in [1.807, 2.05) is 73.7 Å². The van der Waals surface area contributed by atoms with Gasteiger partial charge in [0, 0.05) is 19.0 Å². The Morgan fingerprint density at radius 3 is 2.31 bits per heavy atom. The molecule has 1 atom stereocenters. The van der Waals surface area contributed by atoms with Crippen LogP contribution in [0.15, 0.2) is 78.9 Å². The summed E-state index contributed by atoms with van der Waals surface area (Å²) in [5, 5.41) is 3.66. The van der Waals surface area contributed by atoms with Crippen molar-refractivity contribution < 1.29 is 14.3 Å². The van der Waals surface area contributed by atoms with Crippen LogP contribution in [0.2, 0.25) is 5.02 Å². The van der Waals surface area contributed by atoms with Crippen molar-refractivity contribution in [2.75, 3.05) is 6.61 Å². The minimum atomic E-state index is -0.670. The number of hydrogen-bond acceptors (Lipinski definition) is 3. The van der Waals surface area contributed by atoms with Crippen LogP contribution in [-0.2, 0) is 22.6 Å². The van der Waals surface area contributed by atoms with E-state index in [0.717, 1.165) is 42.4 Å². The molecule has 0 spiro atoms. The minimum absolute atomic E-state index is 0.121. The fourth-order valence-electron chi connectivity index (χ4n) is 4.60. The van der Waals surface area contributed by atoms with Crippen LogP contribution in [-0.4, -0.2) is 35.4 Å². The predicted molar refractivity (Wildman–Crippen MR) is 143 cm³/mol. The Morgan fingerprint density at radius 1 is 0.944 bits per heavy atom. The van der Waals surface area contributed by atoms with Crippen LogP contribution in [0.5, 0.6) is 5.75 Å². The van der Waals surface area contributed by atoms with Crippen molar-refractivity contribution in [1.82, 2.24) is 10.2 Å². The van der Waals surface area contributed by atoms with Crippen LogP contribution >= 0.6 is 11.6 Å². The maximum atomic E-state index is 13.7. The lowest BCUT2D eigenvalue weighted by atomic mass is 10.0. The molecule has 0 aromatic heterocycles. The Labute approximate surface area is 218 Å². The summed E-state index contributed by atoms with van der Waals surface area (Å²) in [4.78, 5) is 29.0. The Kier molecular flexibility index (Phi) is 9.01. The van der Waals surface area contributed by atoms with Gasteiger partial charge in [-0.3, -0.25) is 9.59 Å². The first-order chi connectivity index (χ1) is 17.5. The number of amides is 2. The summed E-state index contributed by atoms with van der Waals surface area (Å²) >= 11 is 6.23. The number of hydrogen-bond donors (Lipinski definition) is 1. The standard InChI is InChI=1S/C30H33ClN2O3/c1-22-15-17-24(18-16-22)20-33(29(34)21-36-28-14-8-7-13-26(28)31)27(19-23-9-3-2-4-10-23)30(35)32-25-11-5-6-12-25/h2-4,7-10,13-18,25,27H,5-6,11-12,19-21H2,1H3,(H,32,35)/t27-/m1/s1. The molecule has 0 heterocycles. The van der Waals surface area contributed by atoms with Gasteiger partial charge < -0.3 is 15.0 Å². The quantitative estimate of drug-likeness (QED) is 0.384. The first kappa shape index (κ1) is 25.8. The molecular weight excluding hydrogens is 472 g/mol. The van der Waals surface area contributed by atoms with Gasteiger partial charge >= 0.3 is 0 Å². The summed E-state index contributed by atoms with van der Waals surface area (Å²) < 4.78 is 5.80. The number of carbonyl (C=O) groups excluding carboxylic acids is 2. The summed E-state index contributed by atoms with van der Waals surface area (Å²) in [5.74, 6) is 0.0553. The van der Waals surface area contributed by atoms with Crippen LogP contribution in [0, 0.1) is 6.92 Å². The lowest BCUT2D eigenvalue weighted by Crippen LogP contribution is -2.53. The van der Waals surface area contributed by atoms with Crippen molar-refractivity contribution in [3.05, 3.63) is 101 Å². The van der Waals surface area contributed by atoms with Gasteiger partial charge in [0.05, 0.1) is 5.02 Å². The molecule has 1 aliphatic rings. The number of benzene rings is 3. The van der Waals surface area contributed by atoms with Gasteiger partial charge in [-0.25, -0.2) is 0 Å². The van der Waals surface area contributed by atoms with E-state index in [4.69, 9.17) is 16.3 Å². The molecule has 1 N–H and O–H groups in total. The van der Waals surface area contributed by atoms with Gasteiger partial charge in [-0.15, -0.1) is 0 Å². The highest BCUT2D eigenvalue weighted by Gasteiger charge is 2.32. The van der Waals surface area contributed by atoms with Crippen molar-refractivity contribution in [2.45, 2.75) is 57.7 Å². The molecule has 6 heteroatoms. The van der Waals surface area contributed by atoms with Gasteiger partial charge in [0.15, 0.2) is 6.61 Å². The molecule has 3 aromatic rings. The molecule has 4 rings (SSSR count). The SMILES string of the molecule is Cc1ccc(CN(C(=O)COc2ccccc2Cl)[C@H](Cc2ccccc2)C(=O)NC2CCCC2)cc1. The molecule has 1 fully saturated rings. The zero-order chi connectivity index (χ0) is 25.3. The topological polar surface area (TPSA) is 58.6 Å². The molecule has 188 valence electrons. The fourth-order valence-corrected chi connectivity index (χ4v) is 4.79. The lowest BCUT2D eigenvalue weighted by molar-refractivity contribution is -0.143. The zero-order valence-electron chi connectivity index (χ0n) is 20.7. The highest BCUT2D eigenvalue weighted by Crippen LogP contribution is 2.24. The summed E-state index contributed by atoms with van der Waals surface area (Å²) in [6.45, 7) is 2.12. The second-order valence-electron chi connectivity index (χ2n) is 9.42. The second-order valence-corrected chi connectivity index (χ2v) is 9.83. The van der Waals surface area contributed by atoms with Crippen molar-refractivity contribution in [3.63, 3.8) is 0 Å².